The Labute approximate surface area is 160 Å². The van der Waals surface area contributed by atoms with E-state index in [1.807, 2.05) is 0 Å². The summed E-state index contributed by atoms with van der Waals surface area (Å²) in [5.74, 6) is -1.21. The maximum absolute atomic E-state index is 13.1. The standard InChI is InChI=1S/C21H18F2N2O3/c22-17-4-1-15(2-5-17)13-24(11-12-26)21(28)16-3-10-20(27)25(14-16)19-8-6-18(23)7-9-19/h1-10,14,26H,11-13H2. The first kappa shape index (κ1) is 19.4. The van der Waals surface area contributed by atoms with Crippen molar-refractivity contribution in [3.8, 4) is 5.69 Å². The number of carbonyl (C=O) groups is 1. The number of rotatable bonds is 6. The van der Waals surface area contributed by atoms with Gasteiger partial charge < -0.3 is 10.0 Å². The highest BCUT2D eigenvalue weighted by Gasteiger charge is 2.17. The molecule has 7 heteroatoms. The number of hydrogen-bond donors (Lipinski definition) is 1. The third-order valence-electron chi connectivity index (χ3n) is 4.21. The first-order chi connectivity index (χ1) is 13.5. The summed E-state index contributed by atoms with van der Waals surface area (Å²) in [6.07, 6.45) is 1.38. The van der Waals surface area contributed by atoms with Gasteiger partial charge in [-0.05, 0) is 48.0 Å². The van der Waals surface area contributed by atoms with Crippen LogP contribution in [0.15, 0.2) is 71.7 Å². The van der Waals surface area contributed by atoms with Gasteiger partial charge in [-0.2, -0.15) is 0 Å². The van der Waals surface area contributed by atoms with Gasteiger partial charge in [-0.25, -0.2) is 8.78 Å². The highest BCUT2D eigenvalue weighted by atomic mass is 19.1. The molecule has 144 valence electrons. The van der Waals surface area contributed by atoms with E-state index >= 15 is 0 Å². The van der Waals surface area contributed by atoms with Crippen molar-refractivity contribution >= 4 is 5.91 Å². The second-order valence-electron chi connectivity index (χ2n) is 6.18. The monoisotopic (exact) mass is 384 g/mol. The van der Waals surface area contributed by atoms with E-state index in [1.165, 1.54) is 64.2 Å². The smallest absolute Gasteiger partial charge is 0.255 e. The van der Waals surface area contributed by atoms with Gasteiger partial charge in [0.05, 0.1) is 12.2 Å². The highest BCUT2D eigenvalue weighted by Crippen LogP contribution is 2.12. The fraction of sp³-hybridized carbons (Fsp3) is 0.143. The van der Waals surface area contributed by atoms with Gasteiger partial charge in [0.1, 0.15) is 11.6 Å². The van der Waals surface area contributed by atoms with Crippen LogP contribution in [-0.4, -0.2) is 33.6 Å². The Hall–Kier alpha value is -3.32. The molecule has 0 fully saturated rings. The molecule has 0 aliphatic rings. The molecule has 0 saturated carbocycles. The lowest BCUT2D eigenvalue weighted by Crippen LogP contribution is -2.34. The predicted molar refractivity (Wildman–Crippen MR) is 100 cm³/mol. The maximum Gasteiger partial charge on any atom is 0.255 e. The first-order valence-electron chi connectivity index (χ1n) is 8.61. The topological polar surface area (TPSA) is 62.5 Å². The molecule has 0 atom stereocenters. The van der Waals surface area contributed by atoms with E-state index in [9.17, 15) is 23.5 Å². The minimum Gasteiger partial charge on any atom is -0.395 e. The van der Waals surface area contributed by atoms with E-state index in [0.29, 0.717) is 11.3 Å². The summed E-state index contributed by atoms with van der Waals surface area (Å²) in [6.45, 7) is 0.00572. The van der Waals surface area contributed by atoms with Crippen molar-refractivity contribution in [1.29, 1.82) is 0 Å². The lowest BCUT2D eigenvalue weighted by atomic mass is 10.1. The molecule has 0 saturated heterocycles. The molecule has 0 bridgehead atoms. The minimum atomic E-state index is -0.433. The molecule has 3 aromatic rings. The number of carbonyl (C=O) groups excluding carboxylic acids is 1. The lowest BCUT2D eigenvalue weighted by Gasteiger charge is -2.22. The van der Waals surface area contributed by atoms with Crippen LogP contribution in [0.2, 0.25) is 0 Å². The Bertz CT molecular complexity index is 1020. The molecule has 0 aliphatic carbocycles. The summed E-state index contributed by atoms with van der Waals surface area (Å²) in [7, 11) is 0. The molecule has 1 aromatic heterocycles. The summed E-state index contributed by atoms with van der Waals surface area (Å²) < 4.78 is 27.5. The summed E-state index contributed by atoms with van der Waals surface area (Å²) >= 11 is 0. The molecule has 3 rings (SSSR count). The zero-order valence-electron chi connectivity index (χ0n) is 14.9. The molecular weight excluding hydrogens is 366 g/mol. The van der Waals surface area contributed by atoms with Crippen LogP contribution < -0.4 is 5.56 Å². The van der Waals surface area contributed by atoms with Gasteiger partial charge in [-0.3, -0.25) is 14.2 Å². The molecule has 1 amide bonds. The van der Waals surface area contributed by atoms with Crippen LogP contribution in [0.4, 0.5) is 8.78 Å². The third kappa shape index (κ3) is 4.50. The molecule has 0 spiro atoms. The Balaban J connectivity index is 1.90. The SMILES string of the molecule is O=C(c1ccc(=O)n(-c2ccc(F)cc2)c1)N(CCO)Cc1ccc(F)cc1. The quantitative estimate of drug-likeness (QED) is 0.711. The molecule has 0 radical (unpaired) electrons. The van der Waals surface area contributed by atoms with E-state index in [-0.39, 0.29) is 36.6 Å². The van der Waals surface area contributed by atoms with Crippen molar-refractivity contribution in [2.24, 2.45) is 0 Å². The van der Waals surface area contributed by atoms with Crippen LogP contribution >= 0.6 is 0 Å². The van der Waals surface area contributed by atoms with Crippen molar-refractivity contribution in [3.63, 3.8) is 0 Å². The van der Waals surface area contributed by atoms with Crippen molar-refractivity contribution in [2.75, 3.05) is 13.2 Å². The number of aliphatic hydroxyl groups is 1. The summed E-state index contributed by atoms with van der Waals surface area (Å²) in [6, 6.07) is 13.7. The fourth-order valence-corrected chi connectivity index (χ4v) is 2.78. The molecule has 1 N–H and O–H groups in total. The fourth-order valence-electron chi connectivity index (χ4n) is 2.78. The van der Waals surface area contributed by atoms with Crippen molar-refractivity contribution < 1.29 is 18.7 Å². The average molecular weight is 384 g/mol. The van der Waals surface area contributed by atoms with Crippen molar-refractivity contribution in [3.05, 3.63) is 100.0 Å². The molecule has 0 unspecified atom stereocenters. The highest BCUT2D eigenvalue weighted by molar-refractivity contribution is 5.94. The van der Waals surface area contributed by atoms with Crippen LogP contribution in [0, 0.1) is 11.6 Å². The zero-order valence-corrected chi connectivity index (χ0v) is 14.9. The van der Waals surface area contributed by atoms with Gasteiger partial charge >= 0.3 is 0 Å². The Morgan fingerprint density at radius 3 is 2.14 bits per heavy atom. The van der Waals surface area contributed by atoms with Gasteiger partial charge in [-0.1, -0.05) is 12.1 Å². The number of halogens is 2. The van der Waals surface area contributed by atoms with Crippen LogP contribution in [-0.2, 0) is 6.54 Å². The van der Waals surface area contributed by atoms with Crippen molar-refractivity contribution in [2.45, 2.75) is 6.54 Å². The van der Waals surface area contributed by atoms with Crippen LogP contribution in [0.5, 0.6) is 0 Å². The van der Waals surface area contributed by atoms with Gasteiger partial charge in [-0.15, -0.1) is 0 Å². The third-order valence-corrected chi connectivity index (χ3v) is 4.21. The molecule has 28 heavy (non-hydrogen) atoms. The predicted octanol–water partition coefficient (Wildman–Crippen LogP) is 2.75. The van der Waals surface area contributed by atoms with E-state index in [2.05, 4.69) is 0 Å². The molecule has 1 heterocycles. The summed E-state index contributed by atoms with van der Waals surface area (Å²) in [5, 5.41) is 9.31. The van der Waals surface area contributed by atoms with E-state index in [4.69, 9.17) is 0 Å². The van der Waals surface area contributed by atoms with E-state index < -0.39 is 11.7 Å². The number of aliphatic hydroxyl groups excluding tert-OH is 1. The molecule has 0 aliphatic heterocycles. The van der Waals surface area contributed by atoms with Gasteiger partial charge in [0, 0.05) is 31.0 Å². The lowest BCUT2D eigenvalue weighted by molar-refractivity contribution is 0.0707. The second-order valence-corrected chi connectivity index (χ2v) is 6.18. The van der Waals surface area contributed by atoms with Gasteiger partial charge in [0.25, 0.3) is 11.5 Å². The van der Waals surface area contributed by atoms with Crippen LogP contribution in [0.1, 0.15) is 15.9 Å². The number of amides is 1. The molecule has 2 aromatic carbocycles. The normalized spacial score (nSPS) is 10.7. The number of nitrogens with zero attached hydrogens (tertiary/aromatic N) is 2. The van der Waals surface area contributed by atoms with Crippen LogP contribution in [0.3, 0.4) is 0 Å². The molecule has 5 nitrogen and oxygen atoms in total. The Morgan fingerprint density at radius 2 is 1.54 bits per heavy atom. The van der Waals surface area contributed by atoms with E-state index in [1.54, 1.807) is 12.1 Å². The number of hydrogen-bond acceptors (Lipinski definition) is 3. The Kier molecular flexibility index (Phi) is 5.96. The second kappa shape index (κ2) is 8.58. The summed E-state index contributed by atoms with van der Waals surface area (Å²) in [4.78, 5) is 26.5. The van der Waals surface area contributed by atoms with E-state index in [0.717, 1.165) is 0 Å². The number of benzene rings is 2. The Morgan fingerprint density at radius 1 is 0.929 bits per heavy atom. The zero-order chi connectivity index (χ0) is 20.1. The number of pyridine rings is 1. The first-order valence-corrected chi connectivity index (χ1v) is 8.61. The average Bonchev–Trinajstić information content (AvgIpc) is 2.70. The van der Waals surface area contributed by atoms with Gasteiger partial charge in [0.15, 0.2) is 0 Å². The minimum absolute atomic E-state index is 0.0753. The summed E-state index contributed by atoms with van der Waals surface area (Å²) in [5.41, 5.74) is 0.998. The van der Waals surface area contributed by atoms with Crippen LogP contribution in [0.25, 0.3) is 5.69 Å². The largest absolute Gasteiger partial charge is 0.395 e. The number of aromatic nitrogens is 1. The van der Waals surface area contributed by atoms with Gasteiger partial charge in [0.2, 0.25) is 0 Å². The molecular formula is C21H18F2N2O3. The van der Waals surface area contributed by atoms with Crippen molar-refractivity contribution in [1.82, 2.24) is 9.47 Å². The maximum atomic E-state index is 13.1.